The minimum Gasteiger partial charge on any atom is -0.497 e. The first-order valence-corrected chi connectivity index (χ1v) is 7.81. The van der Waals surface area contributed by atoms with Crippen LogP contribution in [0.15, 0.2) is 42.5 Å². The molecule has 0 heterocycles. The maximum Gasteiger partial charge on any atom is 0.233 e. The van der Waals surface area contributed by atoms with Gasteiger partial charge in [0.15, 0.2) is 0 Å². The summed E-state index contributed by atoms with van der Waals surface area (Å²) in [5.74, 6) is 0.0249. The summed E-state index contributed by atoms with van der Waals surface area (Å²) in [5, 5.41) is 5.93. The highest BCUT2D eigenvalue weighted by Crippen LogP contribution is 2.20. The van der Waals surface area contributed by atoms with Crippen molar-refractivity contribution in [3.8, 4) is 5.75 Å². The number of hydrogen-bond donors (Lipinski definition) is 2. The van der Waals surface area contributed by atoms with E-state index in [1.807, 2.05) is 37.3 Å². The second-order valence-corrected chi connectivity index (χ2v) is 5.75. The molecule has 0 fully saturated rings. The number of nitrogens with one attached hydrogen (secondary N) is 2. The molecule has 126 valence electrons. The highest BCUT2D eigenvalue weighted by molar-refractivity contribution is 6.31. The topological polar surface area (TPSA) is 67.4 Å². The Bertz CT molecular complexity index is 730. The maximum absolute atomic E-state index is 11.9. The van der Waals surface area contributed by atoms with E-state index in [2.05, 4.69) is 10.6 Å². The van der Waals surface area contributed by atoms with Crippen molar-refractivity contribution in [3.05, 3.63) is 58.6 Å². The number of anilines is 1. The molecule has 24 heavy (non-hydrogen) atoms. The molecule has 0 atom stereocenters. The lowest BCUT2D eigenvalue weighted by Crippen LogP contribution is -2.27. The zero-order chi connectivity index (χ0) is 17.5. The third-order valence-corrected chi connectivity index (χ3v) is 3.68. The van der Waals surface area contributed by atoms with Crippen molar-refractivity contribution in [3.63, 3.8) is 0 Å². The molecule has 0 bridgehead atoms. The smallest absolute Gasteiger partial charge is 0.233 e. The number of benzene rings is 2. The largest absolute Gasteiger partial charge is 0.497 e. The van der Waals surface area contributed by atoms with Gasteiger partial charge in [0, 0.05) is 17.3 Å². The predicted molar refractivity (Wildman–Crippen MR) is 94.3 cm³/mol. The third-order valence-electron chi connectivity index (χ3n) is 3.44. The van der Waals surface area contributed by atoms with Crippen LogP contribution in [0.4, 0.5) is 5.69 Å². The van der Waals surface area contributed by atoms with Gasteiger partial charge in [-0.2, -0.15) is 0 Å². The number of rotatable bonds is 6. The average molecular weight is 347 g/mol. The maximum atomic E-state index is 11.9. The Morgan fingerprint density at radius 1 is 1.08 bits per heavy atom. The molecule has 2 amide bonds. The van der Waals surface area contributed by atoms with Gasteiger partial charge >= 0.3 is 0 Å². The lowest BCUT2D eigenvalue weighted by atomic mass is 10.2. The lowest BCUT2D eigenvalue weighted by Gasteiger charge is -2.09. The Morgan fingerprint density at radius 2 is 1.79 bits per heavy atom. The van der Waals surface area contributed by atoms with Crippen LogP contribution in [0.2, 0.25) is 5.02 Å². The van der Waals surface area contributed by atoms with Gasteiger partial charge in [0.2, 0.25) is 11.8 Å². The van der Waals surface area contributed by atoms with Crippen LogP contribution in [0.5, 0.6) is 5.75 Å². The van der Waals surface area contributed by atoms with Crippen LogP contribution in [-0.2, 0) is 16.1 Å². The van der Waals surface area contributed by atoms with Gasteiger partial charge in [0.1, 0.15) is 12.2 Å². The summed E-state index contributed by atoms with van der Waals surface area (Å²) in [6.07, 6.45) is -0.248. The molecule has 2 aromatic carbocycles. The Kier molecular flexibility index (Phi) is 6.21. The first-order valence-electron chi connectivity index (χ1n) is 7.43. The number of ether oxygens (including phenoxy) is 1. The highest BCUT2D eigenvalue weighted by atomic mass is 35.5. The molecule has 0 saturated carbocycles. The molecule has 0 aromatic heterocycles. The van der Waals surface area contributed by atoms with E-state index in [9.17, 15) is 9.59 Å². The molecule has 0 aliphatic heterocycles. The van der Waals surface area contributed by atoms with Gasteiger partial charge in [-0.25, -0.2) is 0 Å². The molecule has 2 aromatic rings. The minimum absolute atomic E-state index is 0.248. The summed E-state index contributed by atoms with van der Waals surface area (Å²) in [6, 6.07) is 12.6. The van der Waals surface area contributed by atoms with Crippen LogP contribution in [0, 0.1) is 6.92 Å². The van der Waals surface area contributed by atoms with Crippen molar-refractivity contribution in [2.24, 2.45) is 0 Å². The van der Waals surface area contributed by atoms with Crippen molar-refractivity contribution >= 4 is 29.1 Å². The van der Waals surface area contributed by atoms with Gasteiger partial charge < -0.3 is 15.4 Å². The van der Waals surface area contributed by atoms with Crippen molar-refractivity contribution in [1.82, 2.24) is 5.32 Å². The van der Waals surface area contributed by atoms with E-state index in [-0.39, 0.29) is 18.2 Å². The van der Waals surface area contributed by atoms with Crippen LogP contribution in [0.1, 0.15) is 17.5 Å². The number of methoxy groups -OCH3 is 1. The van der Waals surface area contributed by atoms with E-state index in [0.717, 1.165) is 16.9 Å². The average Bonchev–Trinajstić information content (AvgIpc) is 2.56. The second-order valence-electron chi connectivity index (χ2n) is 5.31. The van der Waals surface area contributed by atoms with Crippen molar-refractivity contribution < 1.29 is 14.3 Å². The van der Waals surface area contributed by atoms with Gasteiger partial charge in [-0.15, -0.1) is 0 Å². The molecule has 0 radical (unpaired) electrons. The quantitative estimate of drug-likeness (QED) is 0.788. The highest BCUT2D eigenvalue weighted by Gasteiger charge is 2.11. The molecule has 5 nitrogen and oxygen atoms in total. The fourth-order valence-corrected chi connectivity index (χ4v) is 2.25. The second kappa shape index (κ2) is 8.36. The summed E-state index contributed by atoms with van der Waals surface area (Å²) in [4.78, 5) is 23.8. The Balaban J connectivity index is 1.82. The standard InChI is InChI=1S/C18H19ClN2O3/c1-12-3-6-14(19)9-16(12)21-18(23)10-17(22)20-11-13-4-7-15(24-2)8-5-13/h3-9H,10-11H2,1-2H3,(H,20,22)(H,21,23). The molecular weight excluding hydrogens is 328 g/mol. The third kappa shape index (κ3) is 5.28. The van der Waals surface area contributed by atoms with Gasteiger partial charge in [-0.05, 0) is 42.3 Å². The van der Waals surface area contributed by atoms with Crippen molar-refractivity contribution in [2.75, 3.05) is 12.4 Å². The zero-order valence-corrected chi connectivity index (χ0v) is 14.3. The van der Waals surface area contributed by atoms with Crippen molar-refractivity contribution in [1.29, 1.82) is 0 Å². The molecule has 0 unspecified atom stereocenters. The molecule has 0 spiro atoms. The number of halogens is 1. The minimum atomic E-state index is -0.382. The summed E-state index contributed by atoms with van der Waals surface area (Å²) >= 11 is 5.91. The van der Waals surface area contributed by atoms with Gasteiger partial charge in [-0.1, -0.05) is 29.8 Å². The van der Waals surface area contributed by atoms with Crippen LogP contribution < -0.4 is 15.4 Å². The number of carbonyl (C=O) groups excluding carboxylic acids is 2. The first kappa shape index (κ1) is 17.8. The van der Waals surface area contributed by atoms with Gasteiger partial charge in [0.05, 0.1) is 7.11 Å². The van der Waals surface area contributed by atoms with E-state index in [0.29, 0.717) is 17.3 Å². The van der Waals surface area contributed by atoms with Crippen molar-refractivity contribution in [2.45, 2.75) is 19.9 Å². The van der Waals surface area contributed by atoms with Crippen LogP contribution in [-0.4, -0.2) is 18.9 Å². The van der Waals surface area contributed by atoms with Crippen LogP contribution in [0.3, 0.4) is 0 Å². The Labute approximate surface area is 146 Å². The van der Waals surface area contributed by atoms with Crippen LogP contribution in [0.25, 0.3) is 0 Å². The summed E-state index contributed by atoms with van der Waals surface area (Å²) in [5.41, 5.74) is 2.41. The number of amides is 2. The number of hydrogen-bond acceptors (Lipinski definition) is 3. The lowest BCUT2D eigenvalue weighted by molar-refractivity contribution is -0.126. The molecule has 2 rings (SSSR count). The fraction of sp³-hybridized carbons (Fsp3) is 0.222. The van der Waals surface area contributed by atoms with E-state index < -0.39 is 0 Å². The normalized spacial score (nSPS) is 10.1. The van der Waals surface area contributed by atoms with E-state index in [4.69, 9.17) is 16.3 Å². The molecule has 0 saturated heterocycles. The summed E-state index contributed by atoms with van der Waals surface area (Å²) < 4.78 is 5.07. The first-order chi connectivity index (χ1) is 11.5. The van der Waals surface area contributed by atoms with Gasteiger partial charge in [0.25, 0.3) is 0 Å². The Hall–Kier alpha value is -2.53. The number of aryl methyl sites for hydroxylation is 1. The van der Waals surface area contributed by atoms with E-state index in [1.54, 1.807) is 19.2 Å². The molecular formula is C18H19ClN2O3. The molecule has 0 aliphatic carbocycles. The molecule has 0 aliphatic rings. The predicted octanol–water partition coefficient (Wildman–Crippen LogP) is 3.30. The fourth-order valence-electron chi connectivity index (χ4n) is 2.08. The number of carbonyl (C=O) groups is 2. The summed E-state index contributed by atoms with van der Waals surface area (Å²) in [6.45, 7) is 2.21. The van der Waals surface area contributed by atoms with E-state index >= 15 is 0 Å². The Morgan fingerprint density at radius 3 is 2.46 bits per heavy atom. The van der Waals surface area contributed by atoms with Crippen LogP contribution >= 0.6 is 11.6 Å². The summed E-state index contributed by atoms with van der Waals surface area (Å²) in [7, 11) is 1.59. The molecule has 6 heteroatoms. The monoisotopic (exact) mass is 346 g/mol. The SMILES string of the molecule is COc1ccc(CNC(=O)CC(=O)Nc2cc(Cl)ccc2C)cc1. The zero-order valence-electron chi connectivity index (χ0n) is 13.6. The molecule has 2 N–H and O–H groups in total. The van der Waals surface area contributed by atoms with Gasteiger partial charge in [-0.3, -0.25) is 9.59 Å². The van der Waals surface area contributed by atoms with E-state index in [1.165, 1.54) is 0 Å².